The highest BCUT2D eigenvalue weighted by Crippen LogP contribution is 2.19. The van der Waals surface area contributed by atoms with Gasteiger partial charge in [0.1, 0.15) is 0 Å². The topological polar surface area (TPSA) is 30.9 Å². The lowest BCUT2D eigenvalue weighted by atomic mass is 10.1. The Balaban J connectivity index is 2.13. The Morgan fingerprint density at radius 1 is 1.25 bits per heavy atom. The van der Waals surface area contributed by atoms with E-state index in [0.717, 1.165) is 18.2 Å². The zero-order valence-corrected chi connectivity index (χ0v) is 10.1. The highest BCUT2D eigenvalue weighted by atomic mass is 14.9. The van der Waals surface area contributed by atoms with E-state index in [4.69, 9.17) is 5.73 Å². The minimum absolute atomic E-state index is 0.789. The lowest BCUT2D eigenvalue weighted by Crippen LogP contribution is -1.98. The van der Waals surface area contributed by atoms with E-state index in [1.807, 2.05) is 12.1 Å². The molecule has 0 saturated carbocycles. The highest BCUT2D eigenvalue weighted by Gasteiger charge is 2.01. The van der Waals surface area contributed by atoms with Gasteiger partial charge in [0.25, 0.3) is 0 Å². The largest absolute Gasteiger partial charge is 0.399 e. The molecule has 0 aliphatic carbocycles. The van der Waals surface area contributed by atoms with Crippen LogP contribution in [-0.2, 0) is 6.54 Å². The van der Waals surface area contributed by atoms with Crippen molar-refractivity contribution in [3.63, 3.8) is 0 Å². The van der Waals surface area contributed by atoms with Crippen LogP contribution >= 0.6 is 0 Å². The lowest BCUT2D eigenvalue weighted by Gasteiger charge is -2.07. The molecule has 0 aliphatic rings. The smallest absolute Gasteiger partial charge is 0.0481 e. The Morgan fingerprint density at radius 3 is 2.81 bits per heavy atom. The number of nitrogen functional groups attached to an aromatic ring is 1. The minimum atomic E-state index is 0.789. The number of benzene rings is 1. The van der Waals surface area contributed by atoms with Crippen molar-refractivity contribution >= 4 is 16.6 Å². The summed E-state index contributed by atoms with van der Waals surface area (Å²) in [5, 5.41) is 1.24. The summed E-state index contributed by atoms with van der Waals surface area (Å²) < 4.78 is 2.32. The Hall–Kier alpha value is -1.44. The Labute approximate surface area is 97.1 Å². The number of nitrogens with two attached hydrogens (primary N) is 1. The van der Waals surface area contributed by atoms with Crippen molar-refractivity contribution in [2.75, 3.05) is 5.73 Å². The highest BCUT2D eigenvalue weighted by molar-refractivity contribution is 5.83. The van der Waals surface area contributed by atoms with E-state index >= 15 is 0 Å². The van der Waals surface area contributed by atoms with E-state index < -0.39 is 0 Å². The van der Waals surface area contributed by atoms with Gasteiger partial charge in [0.15, 0.2) is 0 Å². The first-order chi connectivity index (χ1) is 7.66. The average molecular weight is 216 g/mol. The van der Waals surface area contributed by atoms with E-state index in [2.05, 4.69) is 36.7 Å². The van der Waals surface area contributed by atoms with Crippen LogP contribution in [0.25, 0.3) is 10.9 Å². The van der Waals surface area contributed by atoms with Crippen molar-refractivity contribution in [2.24, 2.45) is 5.92 Å². The number of rotatable bonds is 4. The molecule has 0 fully saturated rings. The first-order valence-electron chi connectivity index (χ1n) is 6.01. The predicted molar refractivity (Wildman–Crippen MR) is 70.4 cm³/mol. The zero-order chi connectivity index (χ0) is 11.5. The standard InChI is InChI=1S/C14H20N2/c1-11(2)4-3-8-16-9-7-12-10-13(15)5-6-14(12)16/h5-7,9-11H,3-4,8,15H2,1-2H3. The molecule has 0 radical (unpaired) electrons. The van der Waals surface area contributed by atoms with Crippen molar-refractivity contribution in [1.82, 2.24) is 4.57 Å². The molecule has 86 valence electrons. The van der Waals surface area contributed by atoms with Gasteiger partial charge in [-0.3, -0.25) is 0 Å². The summed E-state index contributed by atoms with van der Waals surface area (Å²) in [6.07, 6.45) is 4.69. The quantitative estimate of drug-likeness (QED) is 0.777. The maximum atomic E-state index is 5.76. The first kappa shape index (κ1) is 11.1. The Morgan fingerprint density at radius 2 is 2.06 bits per heavy atom. The van der Waals surface area contributed by atoms with Crippen LogP contribution in [0.4, 0.5) is 5.69 Å². The van der Waals surface area contributed by atoms with Crippen molar-refractivity contribution in [3.05, 3.63) is 30.5 Å². The van der Waals surface area contributed by atoms with Crippen molar-refractivity contribution in [1.29, 1.82) is 0 Å². The van der Waals surface area contributed by atoms with Crippen molar-refractivity contribution in [3.8, 4) is 0 Å². The SMILES string of the molecule is CC(C)CCCn1ccc2cc(N)ccc21. The average Bonchev–Trinajstić information content (AvgIpc) is 2.60. The number of aromatic nitrogens is 1. The summed E-state index contributed by atoms with van der Waals surface area (Å²) in [5.74, 6) is 0.789. The lowest BCUT2D eigenvalue weighted by molar-refractivity contribution is 0.518. The van der Waals surface area contributed by atoms with Crippen LogP contribution in [-0.4, -0.2) is 4.57 Å². The van der Waals surface area contributed by atoms with Gasteiger partial charge in [-0.05, 0) is 43.0 Å². The van der Waals surface area contributed by atoms with Crippen LogP contribution < -0.4 is 5.73 Å². The van der Waals surface area contributed by atoms with Gasteiger partial charge in [0.05, 0.1) is 0 Å². The number of fused-ring (bicyclic) bond motifs is 1. The maximum Gasteiger partial charge on any atom is 0.0481 e. The van der Waals surface area contributed by atoms with Crippen LogP contribution in [0.3, 0.4) is 0 Å². The number of aryl methyl sites for hydroxylation is 1. The van der Waals surface area contributed by atoms with Gasteiger partial charge < -0.3 is 10.3 Å². The van der Waals surface area contributed by atoms with E-state index in [1.54, 1.807) is 0 Å². The second kappa shape index (κ2) is 4.60. The van der Waals surface area contributed by atoms with Crippen LogP contribution in [0.1, 0.15) is 26.7 Å². The van der Waals surface area contributed by atoms with Gasteiger partial charge in [0.2, 0.25) is 0 Å². The molecule has 16 heavy (non-hydrogen) atoms. The molecule has 0 unspecified atom stereocenters. The van der Waals surface area contributed by atoms with Crippen LogP contribution in [0.2, 0.25) is 0 Å². The molecule has 1 aromatic heterocycles. The van der Waals surface area contributed by atoms with Crippen LogP contribution in [0, 0.1) is 5.92 Å². The molecule has 0 aliphatic heterocycles. The fourth-order valence-corrected chi connectivity index (χ4v) is 2.08. The van der Waals surface area contributed by atoms with Gasteiger partial charge >= 0.3 is 0 Å². The summed E-state index contributed by atoms with van der Waals surface area (Å²) >= 11 is 0. The van der Waals surface area contributed by atoms with Crippen molar-refractivity contribution in [2.45, 2.75) is 33.2 Å². The van der Waals surface area contributed by atoms with Gasteiger partial charge in [-0.15, -0.1) is 0 Å². The van der Waals surface area contributed by atoms with Gasteiger partial charge in [-0.25, -0.2) is 0 Å². The molecule has 1 heterocycles. The Kier molecular flexibility index (Phi) is 3.18. The van der Waals surface area contributed by atoms with E-state index in [1.165, 1.54) is 23.7 Å². The van der Waals surface area contributed by atoms with Gasteiger partial charge in [-0.2, -0.15) is 0 Å². The van der Waals surface area contributed by atoms with E-state index in [-0.39, 0.29) is 0 Å². The molecule has 1 aromatic carbocycles. The zero-order valence-electron chi connectivity index (χ0n) is 10.1. The molecule has 2 nitrogen and oxygen atoms in total. The second-order valence-electron chi connectivity index (χ2n) is 4.86. The normalized spacial score (nSPS) is 11.4. The second-order valence-corrected chi connectivity index (χ2v) is 4.86. The fourth-order valence-electron chi connectivity index (χ4n) is 2.08. The molecule has 0 atom stereocenters. The molecular weight excluding hydrogens is 196 g/mol. The summed E-state index contributed by atoms with van der Waals surface area (Å²) in [7, 11) is 0. The van der Waals surface area contributed by atoms with Crippen molar-refractivity contribution < 1.29 is 0 Å². The third-order valence-electron chi connectivity index (χ3n) is 2.98. The first-order valence-corrected chi connectivity index (χ1v) is 6.01. The molecule has 2 aromatic rings. The molecule has 0 saturated heterocycles. The Bertz CT molecular complexity index is 469. The van der Waals surface area contributed by atoms with Gasteiger partial charge in [0, 0.05) is 29.3 Å². The summed E-state index contributed by atoms with van der Waals surface area (Å²) in [6.45, 7) is 5.65. The number of hydrogen-bond acceptors (Lipinski definition) is 1. The number of anilines is 1. The maximum absolute atomic E-state index is 5.76. The van der Waals surface area contributed by atoms with Gasteiger partial charge in [-0.1, -0.05) is 13.8 Å². The third-order valence-corrected chi connectivity index (χ3v) is 2.98. The summed E-state index contributed by atoms with van der Waals surface area (Å²) in [4.78, 5) is 0. The predicted octanol–water partition coefficient (Wildman–Crippen LogP) is 3.66. The molecule has 2 heteroatoms. The fraction of sp³-hybridized carbons (Fsp3) is 0.429. The van der Waals surface area contributed by atoms with E-state index in [0.29, 0.717) is 0 Å². The third kappa shape index (κ3) is 2.38. The number of nitrogens with zero attached hydrogens (tertiary/aromatic N) is 1. The van der Waals surface area contributed by atoms with E-state index in [9.17, 15) is 0 Å². The van der Waals surface area contributed by atoms with Crippen LogP contribution in [0.5, 0.6) is 0 Å². The molecular formula is C14H20N2. The monoisotopic (exact) mass is 216 g/mol. The molecule has 2 N–H and O–H groups in total. The summed E-state index contributed by atoms with van der Waals surface area (Å²) in [6, 6.07) is 8.26. The molecule has 0 amide bonds. The minimum Gasteiger partial charge on any atom is -0.399 e. The molecule has 2 rings (SSSR count). The number of hydrogen-bond donors (Lipinski definition) is 1. The van der Waals surface area contributed by atoms with Crippen LogP contribution in [0.15, 0.2) is 30.5 Å². The molecule has 0 bridgehead atoms. The molecule has 0 spiro atoms. The summed E-state index contributed by atoms with van der Waals surface area (Å²) in [5.41, 5.74) is 7.89.